The highest BCUT2D eigenvalue weighted by Crippen LogP contribution is 2.33. The van der Waals surface area contributed by atoms with E-state index in [-0.39, 0.29) is 37.7 Å². The predicted octanol–water partition coefficient (Wildman–Crippen LogP) is 4.11. The van der Waals surface area contributed by atoms with E-state index < -0.39 is 0 Å². The first-order valence-corrected chi connectivity index (χ1v) is 11.6. The maximum absolute atomic E-state index is 13.6. The lowest BCUT2D eigenvalue weighted by atomic mass is 10.1. The molecule has 2 amide bonds. The second-order valence-corrected chi connectivity index (χ2v) is 8.64. The highest BCUT2D eigenvalue weighted by molar-refractivity contribution is 5.97. The van der Waals surface area contributed by atoms with Gasteiger partial charge in [-0.25, -0.2) is 0 Å². The fraction of sp³-hybridized carbons (Fsp3) is 0.333. The molecule has 1 aliphatic heterocycles. The van der Waals surface area contributed by atoms with Crippen LogP contribution in [0.15, 0.2) is 59.2 Å². The molecule has 1 aliphatic rings. The van der Waals surface area contributed by atoms with Gasteiger partial charge in [0.2, 0.25) is 12.7 Å². The van der Waals surface area contributed by atoms with Crippen molar-refractivity contribution in [1.29, 1.82) is 0 Å². The summed E-state index contributed by atoms with van der Waals surface area (Å²) in [6, 6.07) is 13.9. The quantitative estimate of drug-likeness (QED) is 0.419. The van der Waals surface area contributed by atoms with E-state index in [0.29, 0.717) is 40.9 Å². The lowest BCUT2D eigenvalue weighted by Crippen LogP contribution is -2.45. The second kappa shape index (κ2) is 11.1. The summed E-state index contributed by atoms with van der Waals surface area (Å²) in [5.41, 5.74) is 1.25. The van der Waals surface area contributed by atoms with Crippen LogP contribution in [-0.4, -0.2) is 55.2 Å². The van der Waals surface area contributed by atoms with E-state index in [2.05, 4.69) is 0 Å². The van der Waals surface area contributed by atoms with E-state index in [0.717, 1.165) is 5.56 Å². The smallest absolute Gasteiger partial charge is 0.254 e. The third-order valence-electron chi connectivity index (χ3n) is 5.88. The summed E-state index contributed by atoms with van der Waals surface area (Å²) < 4.78 is 27.0. The van der Waals surface area contributed by atoms with Crippen molar-refractivity contribution in [2.45, 2.75) is 33.0 Å². The van der Waals surface area contributed by atoms with Crippen LogP contribution in [0.3, 0.4) is 0 Å². The van der Waals surface area contributed by atoms with Crippen molar-refractivity contribution < 1.29 is 33.0 Å². The van der Waals surface area contributed by atoms with Gasteiger partial charge in [0.15, 0.2) is 11.5 Å². The van der Waals surface area contributed by atoms with Crippen molar-refractivity contribution in [3.63, 3.8) is 0 Å². The van der Waals surface area contributed by atoms with Crippen molar-refractivity contribution in [2.75, 3.05) is 27.6 Å². The Bertz CT molecular complexity index is 1180. The zero-order valence-corrected chi connectivity index (χ0v) is 20.9. The normalized spacial score (nSPS) is 11.9. The third-order valence-corrected chi connectivity index (χ3v) is 5.88. The second-order valence-electron chi connectivity index (χ2n) is 8.64. The van der Waals surface area contributed by atoms with E-state index in [1.54, 1.807) is 35.4 Å². The Morgan fingerprint density at radius 1 is 0.944 bits per heavy atom. The molecule has 0 unspecified atom stereocenters. The van der Waals surface area contributed by atoms with Crippen LogP contribution < -0.4 is 18.9 Å². The average molecular weight is 495 g/mol. The Balaban J connectivity index is 1.56. The number of amides is 2. The maximum atomic E-state index is 13.6. The average Bonchev–Trinajstić information content (AvgIpc) is 3.57. The Morgan fingerprint density at radius 2 is 1.67 bits per heavy atom. The Labute approximate surface area is 210 Å². The number of furan rings is 1. The molecule has 2 heterocycles. The van der Waals surface area contributed by atoms with Crippen molar-refractivity contribution in [1.82, 2.24) is 9.80 Å². The van der Waals surface area contributed by atoms with Crippen LogP contribution in [0.4, 0.5) is 0 Å². The molecule has 36 heavy (non-hydrogen) atoms. The fourth-order valence-corrected chi connectivity index (χ4v) is 3.91. The van der Waals surface area contributed by atoms with Gasteiger partial charge in [-0.1, -0.05) is 6.07 Å². The lowest BCUT2D eigenvalue weighted by molar-refractivity contribution is -0.133. The van der Waals surface area contributed by atoms with Gasteiger partial charge in [-0.05, 0) is 55.8 Å². The number of benzene rings is 2. The van der Waals surface area contributed by atoms with Crippen LogP contribution in [0.5, 0.6) is 23.0 Å². The number of rotatable bonds is 10. The molecule has 0 N–H and O–H groups in total. The van der Waals surface area contributed by atoms with E-state index in [1.807, 2.05) is 38.1 Å². The molecule has 190 valence electrons. The van der Waals surface area contributed by atoms with E-state index in [9.17, 15) is 9.59 Å². The SMILES string of the molecule is COc1cc(OC)cc(C(=O)N(CC(=O)N(Cc2ccc3c(c2)OCO3)Cc2ccco2)C(C)C)c1. The monoisotopic (exact) mass is 494 g/mol. The molecule has 0 saturated carbocycles. The summed E-state index contributed by atoms with van der Waals surface area (Å²) in [5, 5.41) is 0. The number of methoxy groups -OCH3 is 2. The van der Waals surface area contributed by atoms with Gasteiger partial charge in [0.05, 0.1) is 27.0 Å². The molecule has 2 aromatic carbocycles. The standard InChI is InChI=1S/C27H30N2O7/c1-18(2)29(27(31)20-11-22(32-3)13-23(12-20)33-4)16-26(30)28(15-21-6-5-9-34-21)14-19-7-8-24-25(10-19)36-17-35-24/h5-13,18H,14-17H2,1-4H3. The molecule has 0 saturated heterocycles. The number of carbonyl (C=O) groups is 2. The van der Waals surface area contributed by atoms with E-state index >= 15 is 0 Å². The molecule has 1 aromatic heterocycles. The van der Waals surface area contributed by atoms with Crippen molar-refractivity contribution in [2.24, 2.45) is 0 Å². The van der Waals surface area contributed by atoms with Gasteiger partial charge in [-0.15, -0.1) is 0 Å². The molecule has 9 nitrogen and oxygen atoms in total. The summed E-state index contributed by atoms with van der Waals surface area (Å²) >= 11 is 0. The van der Waals surface area contributed by atoms with Crippen LogP contribution in [0.1, 0.15) is 35.5 Å². The summed E-state index contributed by atoms with van der Waals surface area (Å²) in [6.07, 6.45) is 1.57. The topological polar surface area (TPSA) is 90.7 Å². The van der Waals surface area contributed by atoms with Gasteiger partial charge in [-0.3, -0.25) is 9.59 Å². The van der Waals surface area contributed by atoms with Crippen molar-refractivity contribution in [3.8, 4) is 23.0 Å². The van der Waals surface area contributed by atoms with Gasteiger partial charge in [-0.2, -0.15) is 0 Å². The molecule has 9 heteroatoms. The summed E-state index contributed by atoms with van der Waals surface area (Å²) in [4.78, 5) is 30.3. The highest BCUT2D eigenvalue weighted by atomic mass is 16.7. The molecule has 0 atom stereocenters. The lowest BCUT2D eigenvalue weighted by Gasteiger charge is -2.30. The number of hydrogen-bond donors (Lipinski definition) is 0. The van der Waals surface area contributed by atoms with Gasteiger partial charge in [0, 0.05) is 24.2 Å². The number of carbonyl (C=O) groups excluding carboxylic acids is 2. The highest BCUT2D eigenvalue weighted by Gasteiger charge is 2.26. The molecular formula is C27H30N2O7. The Morgan fingerprint density at radius 3 is 2.31 bits per heavy atom. The molecule has 0 fully saturated rings. The molecule has 4 rings (SSSR count). The summed E-state index contributed by atoms with van der Waals surface area (Å²) in [5.74, 6) is 2.43. The van der Waals surface area contributed by atoms with E-state index in [4.69, 9.17) is 23.4 Å². The number of nitrogens with zero attached hydrogens (tertiary/aromatic N) is 2. The largest absolute Gasteiger partial charge is 0.497 e. The maximum Gasteiger partial charge on any atom is 0.254 e. The zero-order valence-electron chi connectivity index (χ0n) is 20.9. The predicted molar refractivity (Wildman–Crippen MR) is 131 cm³/mol. The number of fused-ring (bicyclic) bond motifs is 1. The first-order valence-electron chi connectivity index (χ1n) is 11.6. The van der Waals surface area contributed by atoms with Gasteiger partial charge in [0.25, 0.3) is 5.91 Å². The molecule has 0 radical (unpaired) electrons. The minimum atomic E-state index is -0.295. The van der Waals surface area contributed by atoms with Crippen LogP contribution in [0.2, 0.25) is 0 Å². The molecule has 0 aliphatic carbocycles. The first kappa shape index (κ1) is 25.0. The van der Waals surface area contributed by atoms with E-state index in [1.165, 1.54) is 19.1 Å². The minimum absolute atomic E-state index is 0.110. The first-order chi connectivity index (χ1) is 17.4. The van der Waals surface area contributed by atoms with Crippen molar-refractivity contribution in [3.05, 3.63) is 71.7 Å². The summed E-state index contributed by atoms with van der Waals surface area (Å²) in [7, 11) is 3.05. The molecule has 0 bridgehead atoms. The Hall–Kier alpha value is -4.14. The van der Waals surface area contributed by atoms with Gasteiger partial charge >= 0.3 is 0 Å². The minimum Gasteiger partial charge on any atom is -0.497 e. The summed E-state index contributed by atoms with van der Waals surface area (Å²) in [6.45, 7) is 4.38. The molecule has 0 spiro atoms. The van der Waals surface area contributed by atoms with Crippen molar-refractivity contribution >= 4 is 11.8 Å². The Kier molecular flexibility index (Phi) is 7.68. The zero-order chi connectivity index (χ0) is 25.7. The molecule has 3 aromatic rings. The van der Waals surface area contributed by atoms with Gasteiger partial charge < -0.3 is 33.2 Å². The van der Waals surface area contributed by atoms with Crippen LogP contribution in [0, 0.1) is 0 Å². The van der Waals surface area contributed by atoms with Gasteiger partial charge in [0.1, 0.15) is 23.8 Å². The number of ether oxygens (including phenoxy) is 4. The van der Waals surface area contributed by atoms with Crippen LogP contribution in [0.25, 0.3) is 0 Å². The third kappa shape index (κ3) is 5.73. The molecular weight excluding hydrogens is 464 g/mol. The van der Waals surface area contributed by atoms with Crippen LogP contribution >= 0.6 is 0 Å². The number of hydrogen-bond acceptors (Lipinski definition) is 7. The fourth-order valence-electron chi connectivity index (χ4n) is 3.91. The van der Waals surface area contributed by atoms with Crippen LogP contribution in [-0.2, 0) is 17.9 Å².